The molecule has 1 saturated carbocycles. The summed E-state index contributed by atoms with van der Waals surface area (Å²) in [5.41, 5.74) is 0. The summed E-state index contributed by atoms with van der Waals surface area (Å²) in [6, 6.07) is -0.603. The van der Waals surface area contributed by atoms with Crippen LogP contribution in [0.25, 0.3) is 0 Å². The molecule has 0 aromatic heterocycles. The molecular formula is C11H17NO3S. The van der Waals surface area contributed by atoms with Crippen LogP contribution in [-0.2, 0) is 9.59 Å². The monoisotopic (exact) mass is 243 g/mol. The molecule has 0 radical (unpaired) electrons. The highest BCUT2D eigenvalue weighted by atomic mass is 32.1. The normalized spacial score (nSPS) is 34.3. The van der Waals surface area contributed by atoms with Crippen LogP contribution in [0, 0.1) is 5.92 Å². The van der Waals surface area contributed by atoms with Gasteiger partial charge in [0, 0.05) is 17.7 Å². The molecule has 2 fully saturated rings. The van der Waals surface area contributed by atoms with Crippen molar-refractivity contribution in [1.29, 1.82) is 0 Å². The Bertz CT molecular complexity index is 308. The molecule has 0 aromatic carbocycles. The van der Waals surface area contributed by atoms with Crippen molar-refractivity contribution in [3.8, 4) is 0 Å². The first kappa shape index (κ1) is 11.8. The molecule has 1 aliphatic heterocycles. The van der Waals surface area contributed by atoms with Gasteiger partial charge in [0.05, 0.1) is 0 Å². The molecule has 0 aromatic rings. The zero-order chi connectivity index (χ0) is 11.7. The summed E-state index contributed by atoms with van der Waals surface area (Å²) in [5.74, 6) is -0.940. The van der Waals surface area contributed by atoms with Crippen molar-refractivity contribution in [3.05, 3.63) is 0 Å². The van der Waals surface area contributed by atoms with Gasteiger partial charge in [0.15, 0.2) is 0 Å². The van der Waals surface area contributed by atoms with Gasteiger partial charge in [-0.2, -0.15) is 12.6 Å². The number of amides is 1. The molecule has 0 spiro atoms. The van der Waals surface area contributed by atoms with Gasteiger partial charge in [-0.05, 0) is 25.7 Å². The van der Waals surface area contributed by atoms with E-state index in [9.17, 15) is 9.59 Å². The third-order valence-electron chi connectivity index (χ3n) is 3.62. The lowest BCUT2D eigenvalue weighted by Gasteiger charge is -2.26. The lowest BCUT2D eigenvalue weighted by molar-refractivity contribution is -0.149. The van der Waals surface area contributed by atoms with Crippen molar-refractivity contribution in [2.75, 3.05) is 6.54 Å². The van der Waals surface area contributed by atoms with Gasteiger partial charge in [-0.25, -0.2) is 4.79 Å². The molecule has 1 saturated heterocycles. The van der Waals surface area contributed by atoms with Crippen LogP contribution in [0.5, 0.6) is 0 Å². The summed E-state index contributed by atoms with van der Waals surface area (Å²) in [7, 11) is 0. The number of nitrogens with zero attached hydrogens (tertiary/aromatic N) is 1. The predicted molar refractivity (Wildman–Crippen MR) is 62.5 cm³/mol. The van der Waals surface area contributed by atoms with Gasteiger partial charge in [0.1, 0.15) is 6.04 Å². The Labute approximate surface area is 100 Å². The zero-order valence-corrected chi connectivity index (χ0v) is 10.0. The second-order valence-electron chi connectivity index (χ2n) is 4.63. The van der Waals surface area contributed by atoms with Gasteiger partial charge in [0.2, 0.25) is 5.91 Å². The summed E-state index contributed by atoms with van der Waals surface area (Å²) in [5, 5.41) is 9.14. The maximum atomic E-state index is 12.2. The number of carbonyl (C=O) groups excluding carboxylic acids is 1. The number of carboxylic acid groups (broad SMARTS) is 1. The van der Waals surface area contributed by atoms with Gasteiger partial charge in [-0.1, -0.05) is 6.42 Å². The zero-order valence-electron chi connectivity index (χ0n) is 9.13. The Morgan fingerprint density at radius 1 is 1.19 bits per heavy atom. The third kappa shape index (κ3) is 2.05. The molecule has 5 heteroatoms. The Hall–Kier alpha value is -0.710. The van der Waals surface area contributed by atoms with E-state index >= 15 is 0 Å². The number of hydrogen-bond donors (Lipinski definition) is 2. The minimum Gasteiger partial charge on any atom is -0.480 e. The largest absolute Gasteiger partial charge is 0.480 e. The van der Waals surface area contributed by atoms with E-state index in [4.69, 9.17) is 5.11 Å². The smallest absolute Gasteiger partial charge is 0.326 e. The number of aliphatic carboxylic acids is 1. The minimum absolute atomic E-state index is 0.00222. The Kier molecular flexibility index (Phi) is 3.42. The molecule has 3 atom stereocenters. The number of likely N-dealkylation sites (tertiary alicyclic amines) is 1. The molecule has 90 valence electrons. The average Bonchev–Trinajstić information content (AvgIpc) is 2.84. The van der Waals surface area contributed by atoms with Crippen molar-refractivity contribution in [2.45, 2.75) is 43.4 Å². The highest BCUT2D eigenvalue weighted by Gasteiger charge is 2.40. The van der Waals surface area contributed by atoms with E-state index in [1.165, 1.54) is 0 Å². The number of thiol groups is 1. The van der Waals surface area contributed by atoms with Gasteiger partial charge in [-0.15, -0.1) is 0 Å². The van der Waals surface area contributed by atoms with E-state index in [0.29, 0.717) is 13.0 Å². The molecule has 4 nitrogen and oxygen atoms in total. The van der Waals surface area contributed by atoms with Crippen LogP contribution in [0.4, 0.5) is 0 Å². The van der Waals surface area contributed by atoms with E-state index < -0.39 is 12.0 Å². The molecule has 1 amide bonds. The average molecular weight is 243 g/mol. The van der Waals surface area contributed by atoms with E-state index in [-0.39, 0.29) is 17.1 Å². The Balaban J connectivity index is 2.06. The molecule has 0 bridgehead atoms. The van der Waals surface area contributed by atoms with Crippen LogP contribution in [0.15, 0.2) is 0 Å². The van der Waals surface area contributed by atoms with Crippen LogP contribution in [0.2, 0.25) is 0 Å². The molecule has 1 aliphatic carbocycles. The van der Waals surface area contributed by atoms with Crippen LogP contribution in [-0.4, -0.2) is 39.7 Å². The van der Waals surface area contributed by atoms with Crippen molar-refractivity contribution >= 4 is 24.5 Å². The van der Waals surface area contributed by atoms with Crippen molar-refractivity contribution < 1.29 is 14.7 Å². The summed E-state index contributed by atoms with van der Waals surface area (Å²) in [6.07, 6.45) is 4.23. The Morgan fingerprint density at radius 3 is 2.50 bits per heavy atom. The molecule has 1 heterocycles. The summed E-state index contributed by atoms with van der Waals surface area (Å²) in [6.45, 7) is 0.590. The summed E-state index contributed by atoms with van der Waals surface area (Å²) >= 11 is 4.41. The highest BCUT2D eigenvalue weighted by Crippen LogP contribution is 2.33. The number of carboxylic acids is 1. The summed E-state index contributed by atoms with van der Waals surface area (Å²) < 4.78 is 0. The van der Waals surface area contributed by atoms with E-state index in [0.717, 1.165) is 25.7 Å². The molecule has 0 unspecified atom stereocenters. The molecule has 2 rings (SSSR count). The van der Waals surface area contributed by atoms with Gasteiger partial charge in [-0.3, -0.25) is 4.79 Å². The molecule has 2 aliphatic rings. The maximum absolute atomic E-state index is 12.2. The first-order valence-electron chi connectivity index (χ1n) is 5.82. The standard InChI is InChI=1S/C11H17NO3S/c13-10(7-3-1-5-9(7)16)12-6-2-4-8(12)11(14)15/h7-9,16H,1-6H2,(H,14,15)/t7-,8+,9-/m1/s1. The van der Waals surface area contributed by atoms with Crippen LogP contribution in [0.1, 0.15) is 32.1 Å². The summed E-state index contributed by atoms with van der Waals surface area (Å²) in [4.78, 5) is 24.7. The van der Waals surface area contributed by atoms with Crippen molar-refractivity contribution in [3.63, 3.8) is 0 Å². The molecule has 16 heavy (non-hydrogen) atoms. The van der Waals surface area contributed by atoms with E-state index in [1.54, 1.807) is 4.90 Å². The Morgan fingerprint density at radius 2 is 1.94 bits per heavy atom. The number of hydrogen-bond acceptors (Lipinski definition) is 3. The van der Waals surface area contributed by atoms with Gasteiger partial charge < -0.3 is 10.0 Å². The number of carbonyl (C=O) groups is 2. The molecular weight excluding hydrogens is 226 g/mol. The minimum atomic E-state index is -0.875. The first-order chi connectivity index (χ1) is 7.61. The van der Waals surface area contributed by atoms with Gasteiger partial charge >= 0.3 is 5.97 Å². The van der Waals surface area contributed by atoms with E-state index in [1.807, 2.05) is 0 Å². The fraction of sp³-hybridized carbons (Fsp3) is 0.818. The van der Waals surface area contributed by atoms with E-state index in [2.05, 4.69) is 12.6 Å². The van der Waals surface area contributed by atoms with Crippen LogP contribution in [0.3, 0.4) is 0 Å². The topological polar surface area (TPSA) is 57.6 Å². The lowest BCUT2D eigenvalue weighted by atomic mass is 10.1. The number of rotatable bonds is 2. The second kappa shape index (κ2) is 4.65. The second-order valence-corrected chi connectivity index (χ2v) is 5.30. The van der Waals surface area contributed by atoms with Crippen LogP contribution < -0.4 is 0 Å². The van der Waals surface area contributed by atoms with Crippen molar-refractivity contribution in [1.82, 2.24) is 4.90 Å². The van der Waals surface area contributed by atoms with Crippen molar-refractivity contribution in [2.24, 2.45) is 5.92 Å². The van der Waals surface area contributed by atoms with Gasteiger partial charge in [0.25, 0.3) is 0 Å². The maximum Gasteiger partial charge on any atom is 0.326 e. The van der Waals surface area contributed by atoms with Crippen LogP contribution >= 0.6 is 12.6 Å². The predicted octanol–water partition coefficient (Wildman–Crippen LogP) is 1.16. The third-order valence-corrected chi connectivity index (χ3v) is 4.24. The molecule has 1 N–H and O–H groups in total. The fourth-order valence-corrected chi connectivity index (χ4v) is 3.19. The fourth-order valence-electron chi connectivity index (χ4n) is 2.73. The quantitative estimate of drug-likeness (QED) is 0.716. The first-order valence-corrected chi connectivity index (χ1v) is 6.34. The SMILES string of the molecule is O=C(O)[C@@H]1CCCN1C(=O)[C@@H]1CCC[C@H]1S. The lowest BCUT2D eigenvalue weighted by Crippen LogP contribution is -2.44. The highest BCUT2D eigenvalue weighted by molar-refractivity contribution is 7.81.